The van der Waals surface area contributed by atoms with E-state index < -0.39 is 0 Å². The van der Waals surface area contributed by atoms with Gasteiger partial charge in [0.05, 0.1) is 12.1 Å². The average molecular weight is 300 g/mol. The first kappa shape index (κ1) is 13.8. The monoisotopic (exact) mass is 300 g/mol. The molecule has 2 aromatic carbocycles. The summed E-state index contributed by atoms with van der Waals surface area (Å²) in [6, 6.07) is 10.5. The second kappa shape index (κ2) is 4.82. The molecule has 0 amide bonds. The zero-order valence-electron chi connectivity index (χ0n) is 13.6. The van der Waals surface area contributed by atoms with Crippen LogP contribution in [-0.2, 0) is 6.54 Å². The van der Waals surface area contributed by atoms with Crippen LogP contribution in [-0.4, -0.2) is 4.57 Å². The largest absolute Gasteiger partial charge is 0.293 e. The van der Waals surface area contributed by atoms with Crippen molar-refractivity contribution in [3.63, 3.8) is 0 Å². The first-order valence-electron chi connectivity index (χ1n) is 7.78. The predicted octanol–water partition coefficient (Wildman–Crippen LogP) is 4.27. The first-order valence-corrected chi connectivity index (χ1v) is 7.78. The summed E-state index contributed by atoms with van der Waals surface area (Å²) >= 11 is 0. The van der Waals surface area contributed by atoms with Gasteiger partial charge in [0.1, 0.15) is 24.6 Å². The minimum atomic E-state index is 0.697. The molecule has 1 aliphatic rings. The molecular weight excluding hydrogens is 282 g/mol. The normalized spacial score (nSPS) is 11.9. The van der Waals surface area contributed by atoms with Crippen molar-refractivity contribution < 1.29 is 4.57 Å². The minimum Gasteiger partial charge on any atom is -0.238 e. The predicted molar refractivity (Wildman–Crippen MR) is 91.0 cm³/mol. The highest BCUT2D eigenvalue weighted by Gasteiger charge is 2.31. The summed E-state index contributed by atoms with van der Waals surface area (Å²) in [6.45, 7) is 14.6. The van der Waals surface area contributed by atoms with Crippen LogP contribution in [0.3, 0.4) is 0 Å². The molecule has 0 radical (unpaired) electrons. The molecule has 112 valence electrons. The van der Waals surface area contributed by atoms with E-state index in [-0.39, 0.29) is 0 Å². The molecule has 1 aromatic heterocycles. The fraction of sp³-hybridized carbons (Fsp3) is 0.200. The Morgan fingerprint density at radius 1 is 1.09 bits per heavy atom. The third kappa shape index (κ3) is 1.99. The van der Waals surface area contributed by atoms with Crippen molar-refractivity contribution in [1.82, 2.24) is 4.57 Å². The number of benzene rings is 2. The minimum absolute atomic E-state index is 0.697. The lowest BCUT2D eigenvalue weighted by molar-refractivity contribution is -0.671. The van der Waals surface area contributed by atoms with Gasteiger partial charge >= 0.3 is 0 Å². The molecule has 0 saturated heterocycles. The lowest BCUT2D eigenvalue weighted by atomic mass is 10.0. The quantitative estimate of drug-likeness (QED) is 0.368. The molecule has 3 heteroatoms. The summed E-state index contributed by atoms with van der Waals surface area (Å²) in [5.74, 6) is 1.17. The molecule has 0 N–H and O–H groups in total. The van der Waals surface area contributed by atoms with Crippen LogP contribution in [0, 0.1) is 27.3 Å². The van der Waals surface area contributed by atoms with Crippen molar-refractivity contribution >= 4 is 5.69 Å². The zero-order chi connectivity index (χ0) is 16.1. The number of nitrogens with zero attached hydrogens (tertiary/aromatic N) is 3. The van der Waals surface area contributed by atoms with Crippen LogP contribution < -0.4 is 4.57 Å². The first-order chi connectivity index (χ1) is 11.1. The van der Waals surface area contributed by atoms with E-state index in [0.717, 1.165) is 6.54 Å². The van der Waals surface area contributed by atoms with Gasteiger partial charge in [-0.05, 0) is 38.0 Å². The summed E-state index contributed by atoms with van der Waals surface area (Å²) in [5, 5.41) is 0. The van der Waals surface area contributed by atoms with Gasteiger partial charge in [-0.2, -0.15) is 4.57 Å². The van der Waals surface area contributed by atoms with Crippen molar-refractivity contribution in [2.24, 2.45) is 0 Å². The van der Waals surface area contributed by atoms with Crippen LogP contribution in [0.5, 0.6) is 0 Å². The van der Waals surface area contributed by atoms with Crippen molar-refractivity contribution in [3.8, 4) is 17.1 Å². The molecule has 0 bridgehead atoms. The van der Waals surface area contributed by atoms with Gasteiger partial charge in [0, 0.05) is 5.56 Å². The number of imidazole rings is 1. The van der Waals surface area contributed by atoms with E-state index in [1.165, 1.54) is 39.3 Å². The third-order valence-corrected chi connectivity index (χ3v) is 4.58. The number of hydrogen-bond donors (Lipinski definition) is 0. The average Bonchev–Trinajstić information content (AvgIpc) is 3.05. The fourth-order valence-electron chi connectivity index (χ4n) is 3.74. The molecule has 3 nitrogen and oxygen atoms in total. The Labute approximate surface area is 136 Å². The summed E-state index contributed by atoms with van der Waals surface area (Å²) < 4.78 is 4.53. The molecule has 0 saturated carbocycles. The van der Waals surface area contributed by atoms with Crippen LogP contribution in [0.2, 0.25) is 0 Å². The second-order valence-electron chi connectivity index (χ2n) is 6.32. The van der Waals surface area contributed by atoms with Gasteiger partial charge in [0.15, 0.2) is 5.69 Å². The molecule has 4 rings (SSSR count). The van der Waals surface area contributed by atoms with Crippen LogP contribution >= 0.6 is 0 Å². The summed E-state index contributed by atoms with van der Waals surface area (Å²) in [5.41, 5.74) is 8.23. The fourth-order valence-corrected chi connectivity index (χ4v) is 3.74. The van der Waals surface area contributed by atoms with Crippen molar-refractivity contribution in [2.75, 3.05) is 0 Å². The Morgan fingerprint density at radius 2 is 1.83 bits per heavy atom. The van der Waals surface area contributed by atoms with E-state index in [1.54, 1.807) is 0 Å². The molecule has 0 unspecified atom stereocenters. The third-order valence-electron chi connectivity index (χ3n) is 4.58. The van der Waals surface area contributed by atoms with Gasteiger partial charge in [-0.1, -0.05) is 29.8 Å². The SMILES string of the molecule is [C-]#[N+]c1ccc2c(c1)-c1n(-c3c(C)cc(C)cc3C)cc[n+]1C2. The standard InChI is InChI=1S/C20H18N3/c1-13-9-14(2)19(15(3)10-13)23-8-7-22-12-16-5-6-17(21-4)11-18(16)20(22)23/h5-11H,12H2,1-3H3/q+1. The molecule has 1 aliphatic heterocycles. The van der Waals surface area contributed by atoms with Crippen molar-refractivity contribution in [1.29, 1.82) is 0 Å². The molecule has 3 aromatic rings. The maximum atomic E-state index is 7.27. The Kier molecular flexibility index (Phi) is 2.89. The van der Waals surface area contributed by atoms with Gasteiger partial charge in [-0.25, -0.2) is 9.41 Å². The van der Waals surface area contributed by atoms with Crippen LogP contribution in [0.25, 0.3) is 21.9 Å². The maximum absolute atomic E-state index is 7.27. The Balaban J connectivity index is 1.98. The van der Waals surface area contributed by atoms with Gasteiger partial charge < -0.3 is 0 Å². The highest BCUT2D eigenvalue weighted by Crippen LogP contribution is 2.33. The smallest absolute Gasteiger partial charge is 0.238 e. The molecule has 0 spiro atoms. The van der Waals surface area contributed by atoms with E-state index in [9.17, 15) is 0 Å². The topological polar surface area (TPSA) is 13.2 Å². The number of rotatable bonds is 1. The number of aromatic nitrogens is 2. The Bertz CT molecular complexity index is 964. The molecule has 0 fully saturated rings. The van der Waals surface area contributed by atoms with Crippen LogP contribution in [0.15, 0.2) is 42.7 Å². The summed E-state index contributed by atoms with van der Waals surface area (Å²) in [6.07, 6.45) is 4.26. The van der Waals surface area contributed by atoms with Crippen molar-refractivity contribution in [2.45, 2.75) is 27.3 Å². The van der Waals surface area contributed by atoms with E-state index in [1.807, 2.05) is 12.1 Å². The molecule has 2 heterocycles. The molecule has 0 atom stereocenters. The molecule has 23 heavy (non-hydrogen) atoms. The number of hydrogen-bond acceptors (Lipinski definition) is 0. The van der Waals surface area contributed by atoms with E-state index in [0.29, 0.717) is 5.69 Å². The second-order valence-corrected chi connectivity index (χ2v) is 6.32. The van der Waals surface area contributed by atoms with E-state index >= 15 is 0 Å². The van der Waals surface area contributed by atoms with E-state index in [4.69, 9.17) is 6.57 Å². The van der Waals surface area contributed by atoms with Gasteiger partial charge in [0.2, 0.25) is 0 Å². The zero-order valence-corrected chi connectivity index (χ0v) is 13.6. The highest BCUT2D eigenvalue weighted by molar-refractivity contribution is 5.69. The van der Waals surface area contributed by atoms with Crippen molar-refractivity contribution in [3.05, 3.63) is 76.4 Å². The summed E-state index contributed by atoms with van der Waals surface area (Å²) in [7, 11) is 0. The Hall–Kier alpha value is -2.86. The molecule has 0 aliphatic carbocycles. The van der Waals surface area contributed by atoms with E-state index in [2.05, 4.69) is 65.3 Å². The summed E-state index contributed by atoms with van der Waals surface area (Å²) in [4.78, 5) is 3.59. The maximum Gasteiger partial charge on any atom is 0.293 e. The number of aryl methyl sites for hydroxylation is 3. The lowest BCUT2D eigenvalue weighted by Gasteiger charge is -2.09. The number of fused-ring (bicyclic) bond motifs is 3. The van der Waals surface area contributed by atoms with Gasteiger partial charge in [-0.3, -0.25) is 0 Å². The van der Waals surface area contributed by atoms with Gasteiger partial charge in [-0.15, -0.1) is 0 Å². The van der Waals surface area contributed by atoms with Gasteiger partial charge in [0.25, 0.3) is 5.82 Å². The Morgan fingerprint density at radius 3 is 2.52 bits per heavy atom. The highest BCUT2D eigenvalue weighted by atomic mass is 15.2. The molecular formula is C20H18N3+. The van der Waals surface area contributed by atoms with Crippen LogP contribution in [0.1, 0.15) is 22.3 Å². The lowest BCUT2D eigenvalue weighted by Crippen LogP contribution is -2.30. The van der Waals surface area contributed by atoms with Crippen LogP contribution in [0.4, 0.5) is 5.69 Å².